The topological polar surface area (TPSA) is 129 Å². The molecular weight excluding hydrogens is 453 g/mol. The van der Waals surface area contributed by atoms with E-state index in [0.717, 1.165) is 28.3 Å². The van der Waals surface area contributed by atoms with E-state index in [0.29, 0.717) is 0 Å². The van der Waals surface area contributed by atoms with Crippen molar-refractivity contribution in [1.82, 2.24) is 5.32 Å². The Hall–Kier alpha value is -4.71. The van der Waals surface area contributed by atoms with Gasteiger partial charge in [0, 0.05) is 11.6 Å². The maximum Gasteiger partial charge on any atom is 0.407 e. The number of carbonyl (C=O) groups excluding carboxylic acids is 2. The van der Waals surface area contributed by atoms with Gasteiger partial charge in [0.2, 0.25) is 5.91 Å². The van der Waals surface area contributed by atoms with Crippen LogP contribution >= 0.6 is 0 Å². The quantitative estimate of drug-likeness (QED) is 0.476. The second-order valence-electron chi connectivity index (χ2n) is 7.92. The van der Waals surface area contributed by atoms with Crippen molar-refractivity contribution in [3.05, 3.63) is 89.2 Å². The van der Waals surface area contributed by atoms with Crippen molar-refractivity contribution in [3.63, 3.8) is 0 Å². The van der Waals surface area contributed by atoms with Crippen LogP contribution in [0.4, 0.5) is 14.9 Å². The van der Waals surface area contributed by atoms with Gasteiger partial charge in [-0.05, 0) is 40.5 Å². The lowest BCUT2D eigenvalue weighted by molar-refractivity contribution is -0.139. The maximum atomic E-state index is 13.8. The second-order valence-corrected chi connectivity index (χ2v) is 7.92. The normalized spacial score (nSPS) is 12.6. The van der Waals surface area contributed by atoms with Gasteiger partial charge in [0.25, 0.3) is 0 Å². The van der Waals surface area contributed by atoms with Crippen LogP contribution in [0, 0.1) is 17.1 Å². The first-order valence-corrected chi connectivity index (χ1v) is 10.7. The minimum absolute atomic E-state index is 0.0104. The molecular formula is C26H20FN3O5. The summed E-state index contributed by atoms with van der Waals surface area (Å²) in [5.41, 5.74) is 3.91. The van der Waals surface area contributed by atoms with E-state index in [1.807, 2.05) is 48.5 Å². The number of nitrogens with one attached hydrogen (secondary N) is 2. The Labute approximate surface area is 200 Å². The predicted octanol–water partition coefficient (Wildman–Crippen LogP) is 4.02. The number of carbonyl (C=O) groups is 3. The van der Waals surface area contributed by atoms with Crippen molar-refractivity contribution in [2.45, 2.75) is 18.4 Å². The number of carboxylic acids is 1. The molecule has 0 fully saturated rings. The predicted molar refractivity (Wildman–Crippen MR) is 124 cm³/mol. The highest BCUT2D eigenvalue weighted by atomic mass is 19.1. The molecule has 9 heteroatoms. The summed E-state index contributed by atoms with van der Waals surface area (Å²) in [5, 5.41) is 22.6. The van der Waals surface area contributed by atoms with E-state index in [4.69, 9.17) is 10.00 Å². The average molecular weight is 473 g/mol. The molecule has 35 heavy (non-hydrogen) atoms. The molecule has 2 amide bonds. The van der Waals surface area contributed by atoms with Crippen LogP contribution in [0.5, 0.6) is 0 Å². The van der Waals surface area contributed by atoms with Crippen LogP contribution < -0.4 is 10.6 Å². The molecule has 3 aromatic rings. The first-order valence-electron chi connectivity index (χ1n) is 10.7. The van der Waals surface area contributed by atoms with Crippen LogP contribution in [0.2, 0.25) is 0 Å². The van der Waals surface area contributed by atoms with E-state index in [9.17, 15) is 23.9 Å². The van der Waals surface area contributed by atoms with Gasteiger partial charge in [0.15, 0.2) is 0 Å². The molecule has 4 rings (SSSR count). The number of aliphatic carboxylic acids is 1. The van der Waals surface area contributed by atoms with Crippen LogP contribution in [-0.2, 0) is 14.3 Å². The van der Waals surface area contributed by atoms with E-state index in [1.54, 1.807) is 6.07 Å². The SMILES string of the molecule is N#Cc1ccc(NC(=O)C(CC(=O)O)NC(=O)OCC2c3ccccc3-c3ccccc32)cc1F. The zero-order valence-electron chi connectivity index (χ0n) is 18.3. The molecule has 0 bridgehead atoms. The average Bonchev–Trinajstić information content (AvgIpc) is 3.16. The number of hydrogen-bond donors (Lipinski definition) is 3. The zero-order chi connectivity index (χ0) is 24.9. The molecule has 0 heterocycles. The number of carboxylic acid groups (broad SMARTS) is 1. The third-order valence-electron chi connectivity index (χ3n) is 5.69. The number of anilines is 1. The minimum Gasteiger partial charge on any atom is -0.481 e. The fraction of sp³-hybridized carbons (Fsp3) is 0.154. The van der Waals surface area contributed by atoms with Gasteiger partial charge in [-0.2, -0.15) is 5.26 Å². The number of rotatable bonds is 7. The number of halogens is 1. The second kappa shape index (κ2) is 10.1. The molecule has 0 saturated heterocycles. The molecule has 176 valence electrons. The third-order valence-corrected chi connectivity index (χ3v) is 5.69. The molecule has 3 aromatic carbocycles. The molecule has 0 radical (unpaired) electrons. The van der Waals surface area contributed by atoms with E-state index >= 15 is 0 Å². The molecule has 1 aliphatic rings. The number of hydrogen-bond acceptors (Lipinski definition) is 5. The summed E-state index contributed by atoms with van der Waals surface area (Å²) >= 11 is 0. The summed E-state index contributed by atoms with van der Waals surface area (Å²) < 4.78 is 19.2. The lowest BCUT2D eigenvalue weighted by Crippen LogP contribution is -2.45. The Bertz CT molecular complexity index is 1310. The minimum atomic E-state index is -1.47. The Kier molecular flexibility index (Phi) is 6.73. The van der Waals surface area contributed by atoms with Crippen molar-refractivity contribution < 1.29 is 28.6 Å². The summed E-state index contributed by atoms with van der Waals surface area (Å²) in [4.78, 5) is 36.4. The van der Waals surface area contributed by atoms with Crippen molar-refractivity contribution in [3.8, 4) is 17.2 Å². The van der Waals surface area contributed by atoms with Crippen LogP contribution in [0.3, 0.4) is 0 Å². The number of nitrogens with zero attached hydrogens (tertiary/aromatic N) is 1. The van der Waals surface area contributed by atoms with Crippen LogP contribution in [0.15, 0.2) is 66.7 Å². The van der Waals surface area contributed by atoms with E-state index in [-0.39, 0.29) is 23.8 Å². The third kappa shape index (κ3) is 5.12. The Morgan fingerprint density at radius 3 is 2.23 bits per heavy atom. The number of nitriles is 1. The molecule has 0 saturated carbocycles. The van der Waals surface area contributed by atoms with Crippen LogP contribution in [-0.4, -0.2) is 35.7 Å². The fourth-order valence-electron chi connectivity index (χ4n) is 4.08. The van der Waals surface area contributed by atoms with Gasteiger partial charge in [-0.1, -0.05) is 48.5 Å². The summed E-state index contributed by atoms with van der Waals surface area (Å²) in [6.45, 7) is -0.0118. The van der Waals surface area contributed by atoms with Gasteiger partial charge in [0.1, 0.15) is 24.5 Å². The molecule has 1 unspecified atom stereocenters. The molecule has 3 N–H and O–H groups in total. The molecule has 0 aromatic heterocycles. The van der Waals surface area contributed by atoms with Crippen molar-refractivity contribution in [2.24, 2.45) is 0 Å². The van der Waals surface area contributed by atoms with Crippen LogP contribution in [0.25, 0.3) is 11.1 Å². The highest BCUT2D eigenvalue weighted by Crippen LogP contribution is 2.44. The molecule has 0 spiro atoms. The summed E-state index contributed by atoms with van der Waals surface area (Å²) in [7, 11) is 0. The number of alkyl carbamates (subject to hydrolysis) is 1. The molecule has 8 nitrogen and oxygen atoms in total. The van der Waals surface area contributed by atoms with Crippen molar-refractivity contribution in [2.75, 3.05) is 11.9 Å². The first-order chi connectivity index (χ1) is 16.9. The zero-order valence-corrected chi connectivity index (χ0v) is 18.3. The summed E-state index contributed by atoms with van der Waals surface area (Å²) in [5.74, 6) is -3.24. The van der Waals surface area contributed by atoms with Gasteiger partial charge < -0.3 is 20.5 Å². The van der Waals surface area contributed by atoms with Crippen molar-refractivity contribution in [1.29, 1.82) is 5.26 Å². The Balaban J connectivity index is 1.43. The van der Waals surface area contributed by atoms with Gasteiger partial charge in [0.05, 0.1) is 12.0 Å². The highest BCUT2D eigenvalue weighted by molar-refractivity contribution is 5.98. The first kappa shape index (κ1) is 23.4. The monoisotopic (exact) mass is 473 g/mol. The smallest absolute Gasteiger partial charge is 0.407 e. The summed E-state index contributed by atoms with van der Waals surface area (Å²) in [6, 6.07) is 19.2. The largest absolute Gasteiger partial charge is 0.481 e. The Morgan fingerprint density at radius 2 is 1.66 bits per heavy atom. The highest BCUT2D eigenvalue weighted by Gasteiger charge is 2.30. The number of ether oxygens (including phenoxy) is 1. The standard InChI is InChI=1S/C26H20FN3O5/c27-22-11-16(10-9-15(22)13-28)29-25(33)23(12-24(31)32)30-26(34)35-14-21-19-7-3-1-5-17(19)18-6-2-4-8-20(18)21/h1-11,21,23H,12,14H2,(H,29,33)(H,30,34)(H,31,32). The number of fused-ring (bicyclic) bond motifs is 3. The van der Waals surface area contributed by atoms with E-state index < -0.39 is 36.2 Å². The number of amides is 2. The fourth-order valence-corrected chi connectivity index (χ4v) is 4.08. The Morgan fingerprint density at radius 1 is 1.03 bits per heavy atom. The maximum absolute atomic E-state index is 13.8. The van der Waals surface area contributed by atoms with Gasteiger partial charge in [-0.25, -0.2) is 9.18 Å². The van der Waals surface area contributed by atoms with Gasteiger partial charge >= 0.3 is 12.1 Å². The lowest BCUT2D eigenvalue weighted by Gasteiger charge is -2.19. The number of benzene rings is 3. The molecule has 1 aliphatic carbocycles. The van der Waals surface area contributed by atoms with E-state index in [1.165, 1.54) is 12.1 Å². The molecule has 0 aliphatic heterocycles. The van der Waals surface area contributed by atoms with Gasteiger partial charge in [-0.3, -0.25) is 9.59 Å². The van der Waals surface area contributed by atoms with Gasteiger partial charge in [-0.15, -0.1) is 0 Å². The van der Waals surface area contributed by atoms with Crippen LogP contribution in [0.1, 0.15) is 29.0 Å². The molecule has 1 atom stereocenters. The van der Waals surface area contributed by atoms with Crippen molar-refractivity contribution >= 4 is 23.7 Å². The lowest BCUT2D eigenvalue weighted by atomic mass is 9.98. The van der Waals surface area contributed by atoms with E-state index in [2.05, 4.69) is 10.6 Å². The summed E-state index contributed by atoms with van der Waals surface area (Å²) in [6.07, 6.45) is -1.67.